The highest BCUT2D eigenvalue weighted by molar-refractivity contribution is 9.10. The fourth-order valence-electron chi connectivity index (χ4n) is 2.27. The van der Waals surface area contributed by atoms with Crippen LogP contribution in [0.1, 0.15) is 18.4 Å². The van der Waals surface area contributed by atoms with E-state index in [2.05, 4.69) is 33.2 Å². The van der Waals surface area contributed by atoms with Crippen LogP contribution in [0.5, 0.6) is 0 Å². The van der Waals surface area contributed by atoms with E-state index in [1.807, 2.05) is 12.1 Å². The van der Waals surface area contributed by atoms with Gasteiger partial charge in [-0.2, -0.15) is 0 Å². The molecule has 1 aromatic rings. The minimum atomic E-state index is -0.204. The molecule has 1 heterocycles. The summed E-state index contributed by atoms with van der Waals surface area (Å²) >= 11 is 3.20. The average Bonchev–Trinajstić information content (AvgIpc) is 2.70. The molecule has 4 heteroatoms. The highest BCUT2D eigenvalue weighted by Gasteiger charge is 2.19. The summed E-state index contributed by atoms with van der Waals surface area (Å²) in [7, 11) is 2.17. The van der Waals surface area contributed by atoms with Crippen LogP contribution in [0.15, 0.2) is 22.7 Å². The Morgan fingerprint density at radius 2 is 2.35 bits per heavy atom. The van der Waals surface area contributed by atoms with Crippen LogP contribution in [0.4, 0.5) is 4.39 Å². The second-order valence-electron chi connectivity index (χ2n) is 4.66. The summed E-state index contributed by atoms with van der Waals surface area (Å²) < 4.78 is 13.6. The first-order chi connectivity index (χ1) is 8.16. The molecule has 2 nitrogen and oxygen atoms in total. The van der Waals surface area contributed by atoms with E-state index < -0.39 is 0 Å². The average molecular weight is 301 g/mol. The molecule has 0 saturated carbocycles. The molecule has 1 aromatic carbocycles. The highest BCUT2D eigenvalue weighted by atomic mass is 79.9. The van der Waals surface area contributed by atoms with Crippen LogP contribution in [0.3, 0.4) is 0 Å². The molecule has 0 aliphatic carbocycles. The fraction of sp³-hybridized carbons (Fsp3) is 0.538. The maximum Gasteiger partial charge on any atom is 0.137 e. The van der Waals surface area contributed by atoms with Gasteiger partial charge in [0, 0.05) is 19.1 Å². The quantitative estimate of drug-likeness (QED) is 0.920. The van der Waals surface area contributed by atoms with Gasteiger partial charge in [-0.25, -0.2) is 4.39 Å². The van der Waals surface area contributed by atoms with Crippen molar-refractivity contribution in [1.29, 1.82) is 0 Å². The van der Waals surface area contributed by atoms with Crippen molar-refractivity contribution >= 4 is 15.9 Å². The van der Waals surface area contributed by atoms with Crippen LogP contribution in [-0.4, -0.2) is 31.1 Å². The van der Waals surface area contributed by atoms with Crippen molar-refractivity contribution in [2.24, 2.45) is 0 Å². The molecule has 0 bridgehead atoms. The number of likely N-dealkylation sites (tertiary alicyclic amines) is 1. The topological polar surface area (TPSA) is 15.3 Å². The SMILES string of the molecule is CN1CCCC1CNCc1ccc(F)c(Br)c1. The van der Waals surface area contributed by atoms with Gasteiger partial charge in [0.25, 0.3) is 0 Å². The normalized spacial score (nSPS) is 21.0. The van der Waals surface area contributed by atoms with Crippen LogP contribution >= 0.6 is 15.9 Å². The predicted octanol–water partition coefficient (Wildman–Crippen LogP) is 2.77. The van der Waals surface area contributed by atoms with E-state index in [1.54, 1.807) is 0 Å². The van der Waals surface area contributed by atoms with Gasteiger partial charge in [-0.05, 0) is 60.1 Å². The van der Waals surface area contributed by atoms with E-state index in [0.29, 0.717) is 10.5 Å². The van der Waals surface area contributed by atoms with Gasteiger partial charge in [-0.1, -0.05) is 6.07 Å². The molecule has 17 heavy (non-hydrogen) atoms. The van der Waals surface area contributed by atoms with E-state index in [9.17, 15) is 4.39 Å². The standard InChI is InChI=1S/C13H18BrFN2/c1-17-6-2-3-11(17)9-16-8-10-4-5-13(15)12(14)7-10/h4-5,7,11,16H,2-3,6,8-9H2,1H3. The predicted molar refractivity (Wildman–Crippen MR) is 71.5 cm³/mol. The summed E-state index contributed by atoms with van der Waals surface area (Å²) in [6.45, 7) is 3.00. The number of rotatable bonds is 4. The molecule has 94 valence electrons. The second kappa shape index (κ2) is 5.94. The Hall–Kier alpha value is -0.450. The number of benzene rings is 1. The van der Waals surface area contributed by atoms with Crippen molar-refractivity contribution in [3.63, 3.8) is 0 Å². The zero-order valence-electron chi connectivity index (χ0n) is 10.0. The molecular weight excluding hydrogens is 283 g/mol. The van der Waals surface area contributed by atoms with Gasteiger partial charge in [0.05, 0.1) is 4.47 Å². The van der Waals surface area contributed by atoms with Crippen molar-refractivity contribution in [3.8, 4) is 0 Å². The molecule has 1 aliphatic rings. The highest BCUT2D eigenvalue weighted by Crippen LogP contribution is 2.17. The Balaban J connectivity index is 1.79. The molecule has 1 aliphatic heterocycles. The molecular formula is C13H18BrFN2. The first-order valence-corrected chi connectivity index (χ1v) is 6.81. The van der Waals surface area contributed by atoms with Crippen molar-refractivity contribution in [2.75, 3.05) is 20.1 Å². The Morgan fingerprint density at radius 1 is 1.53 bits per heavy atom. The first-order valence-electron chi connectivity index (χ1n) is 6.01. The molecule has 1 N–H and O–H groups in total. The number of hydrogen-bond acceptors (Lipinski definition) is 2. The van der Waals surface area contributed by atoms with Gasteiger partial charge in [-0.15, -0.1) is 0 Å². The van der Waals surface area contributed by atoms with Gasteiger partial charge in [-0.3, -0.25) is 0 Å². The third-order valence-electron chi connectivity index (χ3n) is 3.36. The summed E-state index contributed by atoms with van der Waals surface area (Å²) in [6, 6.07) is 5.81. The van der Waals surface area contributed by atoms with Gasteiger partial charge in [0.1, 0.15) is 5.82 Å². The van der Waals surface area contributed by atoms with Crippen molar-refractivity contribution in [2.45, 2.75) is 25.4 Å². The van der Waals surface area contributed by atoms with Crippen LogP contribution < -0.4 is 5.32 Å². The Kier molecular flexibility index (Phi) is 4.54. The molecule has 0 spiro atoms. The molecule has 2 rings (SSSR count). The van der Waals surface area contributed by atoms with Crippen molar-refractivity contribution in [1.82, 2.24) is 10.2 Å². The molecule has 1 atom stereocenters. The lowest BCUT2D eigenvalue weighted by Gasteiger charge is -2.19. The number of nitrogens with zero attached hydrogens (tertiary/aromatic N) is 1. The summed E-state index contributed by atoms with van der Waals surface area (Å²) in [5, 5.41) is 3.44. The zero-order chi connectivity index (χ0) is 12.3. The van der Waals surface area contributed by atoms with Crippen molar-refractivity contribution < 1.29 is 4.39 Å². The van der Waals surface area contributed by atoms with Crippen LogP contribution in [0.25, 0.3) is 0 Å². The molecule has 1 fully saturated rings. The number of likely N-dealkylation sites (N-methyl/N-ethyl adjacent to an activating group) is 1. The Bertz CT molecular complexity index is 384. The molecule has 0 amide bonds. The number of nitrogens with one attached hydrogen (secondary N) is 1. The first kappa shape index (κ1) is 13.0. The second-order valence-corrected chi connectivity index (χ2v) is 5.51. The smallest absolute Gasteiger partial charge is 0.137 e. The number of hydrogen-bond donors (Lipinski definition) is 1. The molecule has 1 unspecified atom stereocenters. The lowest BCUT2D eigenvalue weighted by atomic mass is 10.2. The van der Waals surface area contributed by atoms with Crippen molar-refractivity contribution in [3.05, 3.63) is 34.1 Å². The third kappa shape index (κ3) is 3.50. The largest absolute Gasteiger partial charge is 0.311 e. The molecule has 0 aromatic heterocycles. The lowest BCUT2D eigenvalue weighted by Crippen LogP contribution is -2.35. The van der Waals surface area contributed by atoms with E-state index >= 15 is 0 Å². The van der Waals surface area contributed by atoms with Gasteiger partial charge in [0.15, 0.2) is 0 Å². The monoisotopic (exact) mass is 300 g/mol. The van der Waals surface area contributed by atoms with Gasteiger partial charge < -0.3 is 10.2 Å². The summed E-state index contributed by atoms with van der Waals surface area (Å²) in [5.74, 6) is -0.204. The van der Waals surface area contributed by atoms with E-state index in [-0.39, 0.29) is 5.82 Å². The number of halogens is 2. The zero-order valence-corrected chi connectivity index (χ0v) is 11.6. The van der Waals surface area contributed by atoms with E-state index in [4.69, 9.17) is 0 Å². The van der Waals surface area contributed by atoms with Gasteiger partial charge >= 0.3 is 0 Å². The summed E-state index contributed by atoms with van der Waals surface area (Å²) in [4.78, 5) is 2.40. The molecule has 1 saturated heterocycles. The minimum absolute atomic E-state index is 0.204. The van der Waals surface area contributed by atoms with Crippen LogP contribution in [0, 0.1) is 5.82 Å². The van der Waals surface area contributed by atoms with E-state index in [0.717, 1.165) is 18.7 Å². The summed E-state index contributed by atoms with van der Waals surface area (Å²) in [5.41, 5.74) is 1.11. The summed E-state index contributed by atoms with van der Waals surface area (Å²) in [6.07, 6.45) is 2.57. The third-order valence-corrected chi connectivity index (χ3v) is 3.97. The fourth-order valence-corrected chi connectivity index (χ4v) is 2.70. The Morgan fingerprint density at radius 3 is 3.00 bits per heavy atom. The maximum absolute atomic E-state index is 13.0. The van der Waals surface area contributed by atoms with Crippen LogP contribution in [-0.2, 0) is 6.54 Å². The van der Waals surface area contributed by atoms with E-state index in [1.165, 1.54) is 25.5 Å². The Labute approximate surface area is 110 Å². The molecule has 0 radical (unpaired) electrons. The van der Waals surface area contributed by atoms with Gasteiger partial charge in [0.2, 0.25) is 0 Å². The lowest BCUT2D eigenvalue weighted by molar-refractivity contribution is 0.300. The van der Waals surface area contributed by atoms with Crippen LogP contribution in [0.2, 0.25) is 0 Å². The minimum Gasteiger partial charge on any atom is -0.311 e. The maximum atomic E-state index is 13.0.